The van der Waals surface area contributed by atoms with Crippen molar-refractivity contribution in [2.75, 3.05) is 24.6 Å². The number of amides is 1. The molecule has 14 nitrogen and oxygen atoms in total. The number of oxazole rings is 1. The third kappa shape index (κ3) is 8.60. The molecule has 1 aliphatic carbocycles. The van der Waals surface area contributed by atoms with Crippen LogP contribution in [0.15, 0.2) is 76.5 Å². The predicted molar refractivity (Wildman–Crippen MR) is 231 cm³/mol. The van der Waals surface area contributed by atoms with Crippen molar-refractivity contribution in [3.63, 3.8) is 0 Å². The number of ether oxygens (including phenoxy) is 2. The highest BCUT2D eigenvalue weighted by Gasteiger charge is 2.33. The Hall–Kier alpha value is -6.11. The number of hydrogen-bond donors (Lipinski definition) is 1. The second-order valence-electron chi connectivity index (χ2n) is 15.9. The van der Waals surface area contributed by atoms with Gasteiger partial charge in [-0.3, -0.25) is 14.4 Å². The van der Waals surface area contributed by atoms with Gasteiger partial charge < -0.3 is 24.1 Å². The number of hydrogen-bond acceptors (Lipinski definition) is 13. The first-order valence-electron chi connectivity index (χ1n) is 20.7. The van der Waals surface area contributed by atoms with Crippen LogP contribution in [0.25, 0.3) is 5.00 Å². The average Bonchev–Trinajstić information content (AvgIpc) is 3.99. The largest absolute Gasteiger partial charge is 0.493 e. The maximum atomic E-state index is 13.1. The van der Waals surface area contributed by atoms with Crippen molar-refractivity contribution in [3.8, 4) is 22.6 Å². The number of thiophene rings is 1. The Balaban J connectivity index is 0.784. The molecule has 9 rings (SSSR count). The summed E-state index contributed by atoms with van der Waals surface area (Å²) in [6.07, 6.45) is 8.78. The molecule has 2 aromatic carbocycles. The Labute approximate surface area is 362 Å². The number of benzene rings is 2. The Morgan fingerprint density at radius 3 is 2.56 bits per heavy atom. The van der Waals surface area contributed by atoms with E-state index < -0.39 is 0 Å². The minimum atomic E-state index is -0.345. The molecule has 0 spiro atoms. The smallest absolute Gasteiger partial charge is 0.272 e. The van der Waals surface area contributed by atoms with Gasteiger partial charge in [-0.1, -0.05) is 23.7 Å². The molecule has 2 aliphatic heterocycles. The zero-order valence-electron chi connectivity index (χ0n) is 34.2. The molecule has 6 heterocycles. The molecular weight excluding hydrogens is 812 g/mol. The molecular formula is C45H45ClN10O4S. The molecule has 6 aromatic rings. The second-order valence-corrected chi connectivity index (χ2v) is 17.5. The van der Waals surface area contributed by atoms with E-state index in [1.807, 2.05) is 25.1 Å². The quantitative estimate of drug-likeness (QED) is 0.134. The number of aromatic nitrogens is 6. The zero-order chi connectivity index (χ0) is 42.0. The second kappa shape index (κ2) is 17.5. The molecule has 0 unspecified atom stereocenters. The van der Waals surface area contributed by atoms with E-state index in [1.165, 1.54) is 10.4 Å². The number of carbonyl (C=O) groups is 1. The van der Waals surface area contributed by atoms with Gasteiger partial charge in [0.1, 0.15) is 40.7 Å². The van der Waals surface area contributed by atoms with Crippen molar-refractivity contribution in [1.82, 2.24) is 35.3 Å². The molecule has 2 fully saturated rings. The number of rotatable bonds is 11. The fourth-order valence-electron chi connectivity index (χ4n) is 8.37. The van der Waals surface area contributed by atoms with Crippen molar-refractivity contribution in [2.24, 2.45) is 10.9 Å². The standard InChI is InChI=1S/C45H45ClN10O4S/c1-26-27(2)61-45-41(26)42(50-38(23-40-48-17-20-58-40)43-54-51-28(3)56(43)45)30-5-4-6-34(21-30)59-25-29-15-18-55(19-16-29)39-14-13-37(52-53-39)44(57)49-32-8-11-33(12-9-32)60-35-10-7-31(24-47)36(46)22-35/h4-7,10,13-14,17,20-22,29,32-33,38H,8-9,11-12,15-16,18-19,23,25H2,1-3H3,(H,49,57)/t32?,33?,38-/m0/s1. The lowest BCUT2D eigenvalue weighted by Gasteiger charge is -2.32. The van der Waals surface area contributed by atoms with Crippen LogP contribution in [0.5, 0.6) is 11.5 Å². The molecule has 3 aliphatic rings. The fraction of sp³-hybridized carbons (Fsp3) is 0.378. The van der Waals surface area contributed by atoms with E-state index in [2.05, 4.69) is 72.2 Å². The molecule has 1 saturated carbocycles. The molecule has 1 saturated heterocycles. The summed E-state index contributed by atoms with van der Waals surface area (Å²) >= 11 is 7.90. The van der Waals surface area contributed by atoms with E-state index in [0.29, 0.717) is 46.9 Å². The molecule has 16 heteroatoms. The van der Waals surface area contributed by atoms with E-state index in [1.54, 1.807) is 48.1 Å². The zero-order valence-corrected chi connectivity index (χ0v) is 35.7. The van der Waals surface area contributed by atoms with Crippen LogP contribution in [-0.4, -0.2) is 73.4 Å². The highest BCUT2D eigenvalue weighted by atomic mass is 35.5. The van der Waals surface area contributed by atoms with Crippen LogP contribution in [0.1, 0.15) is 99.7 Å². The molecule has 61 heavy (non-hydrogen) atoms. The van der Waals surface area contributed by atoms with Gasteiger partial charge in [0.05, 0.1) is 41.6 Å². The van der Waals surface area contributed by atoms with Gasteiger partial charge >= 0.3 is 0 Å². The number of nitriles is 1. The molecule has 4 aromatic heterocycles. The fourth-order valence-corrected chi connectivity index (χ4v) is 9.80. The molecule has 0 bridgehead atoms. The molecule has 0 radical (unpaired) electrons. The molecule has 312 valence electrons. The number of halogens is 1. The van der Waals surface area contributed by atoms with Crippen LogP contribution in [0.2, 0.25) is 5.02 Å². The monoisotopic (exact) mass is 856 g/mol. The number of carbonyl (C=O) groups excluding carboxylic acids is 1. The summed E-state index contributed by atoms with van der Waals surface area (Å²) in [7, 11) is 0. The highest BCUT2D eigenvalue weighted by molar-refractivity contribution is 7.15. The predicted octanol–water partition coefficient (Wildman–Crippen LogP) is 8.11. The van der Waals surface area contributed by atoms with Gasteiger partial charge in [-0.15, -0.1) is 31.7 Å². The summed E-state index contributed by atoms with van der Waals surface area (Å²) in [5.74, 6) is 4.54. The van der Waals surface area contributed by atoms with Gasteiger partial charge in [0.2, 0.25) is 0 Å². The summed E-state index contributed by atoms with van der Waals surface area (Å²) in [5.41, 5.74) is 4.86. The van der Waals surface area contributed by atoms with Crippen molar-refractivity contribution >= 4 is 40.4 Å². The van der Waals surface area contributed by atoms with Gasteiger partial charge in [0.15, 0.2) is 23.2 Å². The Bertz CT molecular complexity index is 2600. The summed E-state index contributed by atoms with van der Waals surface area (Å²) in [4.78, 5) is 26.3. The number of nitrogens with zero attached hydrogens (tertiary/aromatic N) is 9. The van der Waals surface area contributed by atoms with Crippen LogP contribution in [0, 0.1) is 38.0 Å². The van der Waals surface area contributed by atoms with Crippen molar-refractivity contribution < 1.29 is 18.7 Å². The average molecular weight is 857 g/mol. The third-order valence-electron chi connectivity index (χ3n) is 11.9. The summed E-state index contributed by atoms with van der Waals surface area (Å²) in [5, 5.41) is 31.5. The van der Waals surface area contributed by atoms with Gasteiger partial charge in [0.25, 0.3) is 5.91 Å². The van der Waals surface area contributed by atoms with Gasteiger partial charge in [0, 0.05) is 41.2 Å². The van der Waals surface area contributed by atoms with E-state index in [0.717, 1.165) is 96.7 Å². The topological polar surface area (TPSA) is 169 Å². The van der Waals surface area contributed by atoms with Crippen LogP contribution < -0.4 is 19.7 Å². The highest BCUT2D eigenvalue weighted by Crippen LogP contribution is 2.40. The Morgan fingerprint density at radius 2 is 1.82 bits per heavy atom. The minimum absolute atomic E-state index is 0.0233. The third-order valence-corrected chi connectivity index (χ3v) is 13.4. The molecule has 1 atom stereocenters. The van der Waals surface area contributed by atoms with Crippen LogP contribution in [0.3, 0.4) is 0 Å². The Morgan fingerprint density at radius 1 is 0.984 bits per heavy atom. The Kier molecular flexibility index (Phi) is 11.5. The summed E-state index contributed by atoms with van der Waals surface area (Å²) < 4.78 is 20.4. The summed E-state index contributed by atoms with van der Waals surface area (Å²) in [6.45, 7) is 8.51. The lowest BCUT2D eigenvalue weighted by atomic mass is 9.93. The van der Waals surface area contributed by atoms with Crippen molar-refractivity contribution in [2.45, 2.75) is 83.9 Å². The molecule has 1 N–H and O–H groups in total. The number of piperidine rings is 1. The number of nitrogens with one attached hydrogen (secondary N) is 1. The lowest BCUT2D eigenvalue weighted by Crippen LogP contribution is -2.40. The van der Waals surface area contributed by atoms with E-state index in [-0.39, 0.29) is 24.1 Å². The van der Waals surface area contributed by atoms with E-state index in [9.17, 15) is 4.79 Å². The van der Waals surface area contributed by atoms with Crippen LogP contribution in [0.4, 0.5) is 5.82 Å². The van der Waals surface area contributed by atoms with Crippen LogP contribution >= 0.6 is 22.9 Å². The first-order chi connectivity index (χ1) is 29.7. The van der Waals surface area contributed by atoms with Crippen LogP contribution in [-0.2, 0) is 6.42 Å². The normalized spacial score (nSPS) is 19.0. The van der Waals surface area contributed by atoms with Gasteiger partial charge in [-0.25, -0.2) is 4.98 Å². The molecule has 1 amide bonds. The lowest BCUT2D eigenvalue weighted by molar-refractivity contribution is 0.0888. The number of anilines is 1. The first kappa shape index (κ1) is 40.3. The number of aryl methyl sites for hydroxylation is 2. The van der Waals surface area contributed by atoms with Crippen molar-refractivity contribution in [1.29, 1.82) is 5.26 Å². The maximum Gasteiger partial charge on any atom is 0.272 e. The number of fused-ring (bicyclic) bond motifs is 3. The van der Waals surface area contributed by atoms with E-state index >= 15 is 0 Å². The number of aliphatic imine (C=N–C) groups is 1. The summed E-state index contributed by atoms with van der Waals surface area (Å²) in [6, 6.07) is 18.7. The van der Waals surface area contributed by atoms with Crippen molar-refractivity contribution in [3.05, 3.63) is 122 Å². The first-order valence-corrected chi connectivity index (χ1v) is 21.9. The SMILES string of the molecule is Cc1sc2c(c1C)C(c1cccc(OCC3CCN(c4ccc(C(=O)NC5CCC(Oc6ccc(C#N)c(Cl)c6)CC5)nn4)CC3)c1)=N[C@@H](Cc1ncco1)c1nnc(C)n1-2. The van der Waals surface area contributed by atoms with Gasteiger partial charge in [-0.05, 0) is 107 Å². The van der Waals surface area contributed by atoms with E-state index in [4.69, 9.17) is 35.7 Å². The minimum Gasteiger partial charge on any atom is -0.493 e. The maximum absolute atomic E-state index is 13.1. The van der Waals surface area contributed by atoms with Gasteiger partial charge in [-0.2, -0.15) is 5.26 Å².